The van der Waals surface area contributed by atoms with E-state index in [1.165, 1.54) is 11.1 Å². The van der Waals surface area contributed by atoms with E-state index in [4.69, 9.17) is 34.4 Å². The molecule has 0 radical (unpaired) electrons. The number of nitrogens with zero attached hydrogens (tertiary/aromatic N) is 4. The van der Waals surface area contributed by atoms with Crippen molar-refractivity contribution in [3.05, 3.63) is 59.7 Å². The second kappa shape index (κ2) is 12.9. The summed E-state index contributed by atoms with van der Waals surface area (Å²) in [6.45, 7) is 0. The van der Waals surface area contributed by atoms with Gasteiger partial charge in [-0.15, -0.1) is 24.8 Å². The smallest absolute Gasteiger partial charge is 0.223 e. The molecule has 2 aromatic carbocycles. The molecule has 0 amide bonds. The van der Waals surface area contributed by atoms with E-state index in [9.17, 15) is 0 Å². The van der Waals surface area contributed by atoms with E-state index in [0.717, 1.165) is 12.8 Å². The summed E-state index contributed by atoms with van der Waals surface area (Å²) in [4.78, 5) is 15.6. The third-order valence-corrected chi connectivity index (χ3v) is 3.55. The lowest BCUT2D eigenvalue weighted by Crippen LogP contribution is -2.26. The molecular formula is C18H26Cl2N10. The van der Waals surface area contributed by atoms with Crippen molar-refractivity contribution >= 4 is 60.0 Å². The van der Waals surface area contributed by atoms with Crippen LogP contribution in [0.1, 0.15) is 11.1 Å². The highest BCUT2D eigenvalue weighted by atomic mass is 35.5. The van der Waals surface area contributed by atoms with E-state index in [0.29, 0.717) is 11.4 Å². The van der Waals surface area contributed by atoms with E-state index in [1.807, 2.05) is 48.5 Å². The highest BCUT2D eigenvalue weighted by Crippen LogP contribution is 2.17. The Balaban J connectivity index is 0.00000420. The van der Waals surface area contributed by atoms with E-state index in [2.05, 4.69) is 20.0 Å². The minimum Gasteiger partial charge on any atom is -0.370 e. The first kappa shape index (κ1) is 26.5. The normalized spacial score (nSPS) is 10.9. The molecule has 0 fully saturated rings. The van der Waals surface area contributed by atoms with Gasteiger partial charge >= 0.3 is 0 Å². The maximum atomic E-state index is 5.61. The maximum absolute atomic E-state index is 5.61. The first-order chi connectivity index (χ1) is 13.3. The van der Waals surface area contributed by atoms with E-state index in [-0.39, 0.29) is 48.7 Å². The number of aliphatic imine (C=N–C) groups is 4. The van der Waals surface area contributed by atoms with Crippen LogP contribution in [-0.4, -0.2) is 23.8 Å². The van der Waals surface area contributed by atoms with Crippen LogP contribution in [0.15, 0.2) is 68.5 Å². The van der Waals surface area contributed by atoms with Gasteiger partial charge in [-0.05, 0) is 48.2 Å². The van der Waals surface area contributed by atoms with Crippen molar-refractivity contribution in [1.82, 2.24) is 0 Å². The molecule has 0 atom stereocenters. The summed E-state index contributed by atoms with van der Waals surface area (Å²) in [5.41, 5.74) is 35.9. The zero-order chi connectivity index (χ0) is 20.5. The Labute approximate surface area is 187 Å². The fraction of sp³-hybridized carbons (Fsp3) is 0.111. The van der Waals surface area contributed by atoms with Crippen LogP contribution in [0.2, 0.25) is 0 Å². The molecule has 0 aliphatic heterocycles. The Morgan fingerprint density at radius 2 is 0.833 bits per heavy atom. The lowest BCUT2D eigenvalue weighted by atomic mass is 10.0. The van der Waals surface area contributed by atoms with Crippen molar-refractivity contribution in [1.29, 1.82) is 0 Å². The minimum atomic E-state index is -0.131. The van der Waals surface area contributed by atoms with Gasteiger partial charge in [-0.25, -0.2) is 9.98 Å². The lowest BCUT2D eigenvalue weighted by molar-refractivity contribution is 0.960. The Bertz CT molecular complexity index is 833. The van der Waals surface area contributed by atoms with Crippen LogP contribution in [0.3, 0.4) is 0 Å². The van der Waals surface area contributed by atoms with Crippen LogP contribution >= 0.6 is 24.8 Å². The van der Waals surface area contributed by atoms with E-state index >= 15 is 0 Å². The topological polar surface area (TPSA) is 206 Å². The Hall–Kier alpha value is -3.50. The van der Waals surface area contributed by atoms with Crippen LogP contribution in [0, 0.1) is 0 Å². The predicted molar refractivity (Wildman–Crippen MR) is 129 cm³/mol. The van der Waals surface area contributed by atoms with Crippen LogP contribution in [0.4, 0.5) is 11.4 Å². The summed E-state index contributed by atoms with van der Waals surface area (Å²) >= 11 is 0. The highest BCUT2D eigenvalue weighted by Gasteiger charge is 1.99. The summed E-state index contributed by atoms with van der Waals surface area (Å²) < 4.78 is 0. The molecule has 0 unspecified atom stereocenters. The molecule has 0 aromatic heterocycles. The van der Waals surface area contributed by atoms with Crippen LogP contribution in [0.5, 0.6) is 0 Å². The van der Waals surface area contributed by atoms with E-state index < -0.39 is 0 Å². The van der Waals surface area contributed by atoms with Gasteiger partial charge in [0.1, 0.15) is 0 Å². The largest absolute Gasteiger partial charge is 0.370 e. The fourth-order valence-corrected chi connectivity index (χ4v) is 2.34. The number of benzene rings is 2. The van der Waals surface area contributed by atoms with Gasteiger partial charge in [0.2, 0.25) is 11.9 Å². The molecule has 0 bridgehead atoms. The molecule has 0 spiro atoms. The van der Waals surface area contributed by atoms with Crippen LogP contribution < -0.4 is 34.4 Å². The van der Waals surface area contributed by atoms with Crippen molar-refractivity contribution in [3.8, 4) is 0 Å². The first-order valence-electron chi connectivity index (χ1n) is 8.37. The first-order valence-corrected chi connectivity index (χ1v) is 8.37. The Morgan fingerprint density at radius 1 is 0.533 bits per heavy atom. The second-order valence-corrected chi connectivity index (χ2v) is 5.85. The Kier molecular flexibility index (Phi) is 11.4. The van der Waals surface area contributed by atoms with Crippen LogP contribution in [-0.2, 0) is 12.8 Å². The molecule has 12 heteroatoms. The molecule has 0 aliphatic carbocycles. The highest BCUT2D eigenvalue weighted by molar-refractivity contribution is 5.94. The van der Waals surface area contributed by atoms with Gasteiger partial charge in [-0.1, -0.05) is 24.3 Å². The quantitative estimate of drug-likeness (QED) is 0.284. The molecule has 0 aliphatic rings. The third kappa shape index (κ3) is 9.62. The molecule has 2 aromatic rings. The van der Waals surface area contributed by atoms with Crippen LogP contribution in [0.25, 0.3) is 0 Å². The van der Waals surface area contributed by atoms with Crippen molar-refractivity contribution in [2.24, 2.45) is 54.4 Å². The summed E-state index contributed by atoms with van der Waals surface area (Å²) in [5, 5.41) is 0. The Morgan fingerprint density at radius 3 is 1.10 bits per heavy atom. The number of hydrogen-bond acceptors (Lipinski definition) is 2. The summed E-state index contributed by atoms with van der Waals surface area (Å²) in [6.07, 6.45) is 1.73. The monoisotopic (exact) mass is 452 g/mol. The number of halogens is 2. The van der Waals surface area contributed by atoms with Gasteiger partial charge in [0, 0.05) is 0 Å². The van der Waals surface area contributed by atoms with Gasteiger partial charge in [0.15, 0.2) is 11.9 Å². The average Bonchev–Trinajstić information content (AvgIpc) is 2.61. The molecule has 30 heavy (non-hydrogen) atoms. The van der Waals surface area contributed by atoms with Crippen molar-refractivity contribution in [2.45, 2.75) is 12.8 Å². The minimum absolute atomic E-state index is 0. The zero-order valence-electron chi connectivity index (χ0n) is 16.1. The number of rotatable bonds is 5. The maximum Gasteiger partial charge on any atom is 0.223 e. The fourth-order valence-electron chi connectivity index (χ4n) is 2.34. The van der Waals surface area contributed by atoms with Crippen molar-refractivity contribution in [2.75, 3.05) is 0 Å². The molecule has 0 saturated heterocycles. The summed E-state index contributed by atoms with van der Waals surface area (Å²) in [5.74, 6) is -0.242. The number of aryl methyl sites for hydroxylation is 2. The lowest BCUT2D eigenvalue weighted by Gasteiger charge is -2.04. The molecule has 0 heterocycles. The molecule has 162 valence electrons. The third-order valence-electron chi connectivity index (χ3n) is 3.55. The summed E-state index contributed by atoms with van der Waals surface area (Å²) in [6, 6.07) is 15.4. The van der Waals surface area contributed by atoms with Gasteiger partial charge in [0.05, 0.1) is 11.4 Å². The number of hydrogen-bond donors (Lipinski definition) is 6. The van der Waals surface area contributed by atoms with Gasteiger partial charge in [-0.2, -0.15) is 9.98 Å². The van der Waals surface area contributed by atoms with Gasteiger partial charge < -0.3 is 34.4 Å². The number of nitrogens with two attached hydrogens (primary N) is 6. The number of guanidine groups is 4. The second-order valence-electron chi connectivity index (χ2n) is 5.85. The summed E-state index contributed by atoms with van der Waals surface area (Å²) in [7, 11) is 0. The predicted octanol–water partition coefficient (Wildman–Crippen LogP) is 0.755. The molecule has 0 saturated carbocycles. The van der Waals surface area contributed by atoms with Crippen molar-refractivity contribution in [3.63, 3.8) is 0 Å². The SMILES string of the molecule is Cl.Cl.NC(N)=NC(N)=Nc1ccc(CCc2ccc(N=C(N)N=C(N)N)cc2)cc1. The standard InChI is InChI=1S/C18H24N10.2ClH/c19-15(20)27-17(23)25-13-7-3-11(4-8-13)1-2-12-5-9-14(10-6-12)26-18(24)28-16(21)22;;/h3-10H,1-2H2,(H6,19,20,23,25,27)(H6,21,22,24,26,28);2*1H. The molecule has 12 N–H and O–H groups in total. The molecule has 2 rings (SSSR count). The molecular weight excluding hydrogens is 427 g/mol. The van der Waals surface area contributed by atoms with Gasteiger partial charge in [-0.3, -0.25) is 0 Å². The van der Waals surface area contributed by atoms with E-state index in [1.54, 1.807) is 0 Å². The van der Waals surface area contributed by atoms with Crippen molar-refractivity contribution < 1.29 is 0 Å². The van der Waals surface area contributed by atoms with Gasteiger partial charge in [0.25, 0.3) is 0 Å². The molecule has 10 nitrogen and oxygen atoms in total. The zero-order valence-corrected chi connectivity index (χ0v) is 17.7. The average molecular weight is 453 g/mol.